The lowest BCUT2D eigenvalue weighted by molar-refractivity contribution is 0.0547. The summed E-state index contributed by atoms with van der Waals surface area (Å²) in [5.74, 6) is 0.678. The van der Waals surface area contributed by atoms with Crippen molar-refractivity contribution in [3.8, 4) is 0 Å². The SMILES string of the molecule is CC(NC(C)C1CCOCC1)c1ccc2[nH]c(=O)[nH]c2c1. The van der Waals surface area contributed by atoms with E-state index in [1.165, 1.54) is 5.56 Å². The first-order valence-corrected chi connectivity index (χ1v) is 7.69. The Morgan fingerprint density at radius 1 is 1.19 bits per heavy atom. The Bertz CT molecular complexity index is 655. The molecule has 0 aliphatic carbocycles. The lowest BCUT2D eigenvalue weighted by Gasteiger charge is -2.30. The summed E-state index contributed by atoms with van der Waals surface area (Å²) in [7, 11) is 0. The number of H-pyrrole nitrogens is 2. The molecule has 1 saturated heterocycles. The quantitative estimate of drug-likeness (QED) is 0.809. The fraction of sp³-hybridized carbons (Fsp3) is 0.562. The molecule has 1 aromatic heterocycles. The molecule has 3 N–H and O–H groups in total. The van der Waals surface area contributed by atoms with Crippen LogP contribution in [0, 0.1) is 5.92 Å². The Labute approximate surface area is 124 Å². The van der Waals surface area contributed by atoms with Crippen molar-refractivity contribution >= 4 is 11.0 Å². The minimum absolute atomic E-state index is 0.154. The first-order chi connectivity index (χ1) is 10.1. The van der Waals surface area contributed by atoms with Crippen molar-refractivity contribution in [1.82, 2.24) is 15.3 Å². The maximum atomic E-state index is 11.3. The van der Waals surface area contributed by atoms with Gasteiger partial charge in [0.25, 0.3) is 0 Å². The molecule has 3 rings (SSSR count). The molecule has 5 nitrogen and oxygen atoms in total. The van der Waals surface area contributed by atoms with Gasteiger partial charge in [0, 0.05) is 25.3 Å². The average Bonchev–Trinajstić information content (AvgIpc) is 2.87. The fourth-order valence-electron chi connectivity index (χ4n) is 3.16. The van der Waals surface area contributed by atoms with Crippen LogP contribution >= 0.6 is 0 Å². The predicted molar refractivity (Wildman–Crippen MR) is 83.5 cm³/mol. The highest BCUT2D eigenvalue weighted by Gasteiger charge is 2.22. The molecule has 0 bridgehead atoms. The topological polar surface area (TPSA) is 69.9 Å². The average molecular weight is 289 g/mol. The highest BCUT2D eigenvalue weighted by Crippen LogP contribution is 2.22. The predicted octanol–water partition coefficient (Wildman–Crippen LogP) is 2.32. The summed E-state index contributed by atoms with van der Waals surface area (Å²) >= 11 is 0. The lowest BCUT2D eigenvalue weighted by atomic mass is 9.92. The molecule has 1 aliphatic heterocycles. The van der Waals surface area contributed by atoms with Crippen molar-refractivity contribution in [3.05, 3.63) is 34.2 Å². The zero-order chi connectivity index (χ0) is 14.8. The van der Waals surface area contributed by atoms with Crippen LogP contribution in [0.5, 0.6) is 0 Å². The van der Waals surface area contributed by atoms with Gasteiger partial charge < -0.3 is 20.0 Å². The van der Waals surface area contributed by atoms with E-state index in [1.54, 1.807) is 0 Å². The van der Waals surface area contributed by atoms with Crippen LogP contribution in [0.1, 0.15) is 38.3 Å². The van der Waals surface area contributed by atoms with Gasteiger partial charge in [-0.15, -0.1) is 0 Å². The summed E-state index contributed by atoms with van der Waals surface area (Å²) in [6.07, 6.45) is 2.26. The van der Waals surface area contributed by atoms with Crippen molar-refractivity contribution in [2.24, 2.45) is 5.92 Å². The molecule has 0 amide bonds. The molecule has 0 spiro atoms. The summed E-state index contributed by atoms with van der Waals surface area (Å²) in [6.45, 7) is 6.17. The number of hydrogen-bond acceptors (Lipinski definition) is 3. The molecule has 0 saturated carbocycles. The molecular weight excluding hydrogens is 266 g/mol. The van der Waals surface area contributed by atoms with Gasteiger partial charge in [-0.2, -0.15) is 0 Å². The highest BCUT2D eigenvalue weighted by atomic mass is 16.5. The number of rotatable bonds is 4. The molecule has 5 heteroatoms. The van der Waals surface area contributed by atoms with Crippen molar-refractivity contribution < 1.29 is 4.74 Å². The summed E-state index contributed by atoms with van der Waals surface area (Å²) in [5, 5.41) is 3.68. The third-order valence-corrected chi connectivity index (χ3v) is 4.53. The van der Waals surface area contributed by atoms with Gasteiger partial charge in [-0.3, -0.25) is 0 Å². The second-order valence-corrected chi connectivity index (χ2v) is 6.01. The normalized spacial score (nSPS) is 19.7. The summed E-state index contributed by atoms with van der Waals surface area (Å²) in [5.41, 5.74) is 2.76. The van der Waals surface area contributed by atoms with Crippen molar-refractivity contribution in [3.63, 3.8) is 0 Å². The van der Waals surface area contributed by atoms with E-state index in [1.807, 2.05) is 12.1 Å². The van der Waals surface area contributed by atoms with Crippen LogP contribution in [0.4, 0.5) is 0 Å². The van der Waals surface area contributed by atoms with Gasteiger partial charge >= 0.3 is 5.69 Å². The molecule has 2 heterocycles. The van der Waals surface area contributed by atoms with Crippen molar-refractivity contribution in [1.29, 1.82) is 0 Å². The maximum Gasteiger partial charge on any atom is 0.323 e. The number of nitrogens with one attached hydrogen (secondary N) is 3. The zero-order valence-corrected chi connectivity index (χ0v) is 12.6. The van der Waals surface area contributed by atoms with E-state index >= 15 is 0 Å². The van der Waals surface area contributed by atoms with Crippen LogP contribution in [-0.4, -0.2) is 29.2 Å². The van der Waals surface area contributed by atoms with Crippen LogP contribution in [-0.2, 0) is 4.74 Å². The van der Waals surface area contributed by atoms with Crippen molar-refractivity contribution in [2.45, 2.75) is 38.8 Å². The minimum Gasteiger partial charge on any atom is -0.381 e. The van der Waals surface area contributed by atoms with Crippen LogP contribution in [0.3, 0.4) is 0 Å². The molecule has 0 radical (unpaired) electrons. The number of ether oxygens (including phenoxy) is 1. The number of aromatic amines is 2. The first-order valence-electron chi connectivity index (χ1n) is 7.69. The van der Waals surface area contributed by atoms with Gasteiger partial charge in [0.05, 0.1) is 11.0 Å². The fourth-order valence-corrected chi connectivity index (χ4v) is 3.16. The molecule has 1 fully saturated rings. The van der Waals surface area contributed by atoms with E-state index in [-0.39, 0.29) is 11.7 Å². The third-order valence-electron chi connectivity index (χ3n) is 4.53. The van der Waals surface area contributed by atoms with E-state index in [0.29, 0.717) is 12.0 Å². The van der Waals surface area contributed by atoms with E-state index in [0.717, 1.165) is 37.1 Å². The molecule has 1 aliphatic rings. The Hall–Kier alpha value is -1.59. The summed E-state index contributed by atoms with van der Waals surface area (Å²) < 4.78 is 5.43. The number of hydrogen-bond donors (Lipinski definition) is 3. The molecule has 2 atom stereocenters. The largest absolute Gasteiger partial charge is 0.381 e. The van der Waals surface area contributed by atoms with Crippen molar-refractivity contribution in [2.75, 3.05) is 13.2 Å². The number of imidazole rings is 1. The molecule has 2 aromatic rings. The zero-order valence-electron chi connectivity index (χ0n) is 12.6. The Balaban J connectivity index is 1.70. The minimum atomic E-state index is -0.154. The summed E-state index contributed by atoms with van der Waals surface area (Å²) in [4.78, 5) is 16.9. The van der Waals surface area contributed by atoms with Gasteiger partial charge in [-0.05, 0) is 50.3 Å². The Kier molecular flexibility index (Phi) is 4.12. The molecule has 21 heavy (non-hydrogen) atoms. The van der Waals surface area contributed by atoms with E-state index in [9.17, 15) is 4.79 Å². The molecule has 114 valence electrons. The van der Waals surface area contributed by atoms with E-state index in [4.69, 9.17) is 4.74 Å². The summed E-state index contributed by atoms with van der Waals surface area (Å²) in [6, 6.07) is 6.79. The van der Waals surface area contributed by atoms with Crippen LogP contribution < -0.4 is 11.0 Å². The number of benzene rings is 1. The third kappa shape index (κ3) is 3.19. The van der Waals surface area contributed by atoms with Gasteiger partial charge in [-0.1, -0.05) is 6.07 Å². The second kappa shape index (κ2) is 6.03. The number of fused-ring (bicyclic) bond motifs is 1. The van der Waals surface area contributed by atoms with Gasteiger partial charge in [-0.25, -0.2) is 4.79 Å². The van der Waals surface area contributed by atoms with Crippen LogP contribution in [0.2, 0.25) is 0 Å². The van der Waals surface area contributed by atoms with Gasteiger partial charge in [0.2, 0.25) is 0 Å². The lowest BCUT2D eigenvalue weighted by Crippen LogP contribution is -2.38. The monoisotopic (exact) mass is 289 g/mol. The second-order valence-electron chi connectivity index (χ2n) is 6.01. The van der Waals surface area contributed by atoms with Crippen LogP contribution in [0.25, 0.3) is 11.0 Å². The smallest absolute Gasteiger partial charge is 0.323 e. The van der Waals surface area contributed by atoms with Crippen LogP contribution in [0.15, 0.2) is 23.0 Å². The number of aromatic nitrogens is 2. The van der Waals surface area contributed by atoms with E-state index < -0.39 is 0 Å². The standard InChI is InChI=1S/C16H23N3O2/c1-10(12-5-7-21-8-6-12)17-11(2)13-3-4-14-15(9-13)19-16(20)18-14/h3-4,9-12,17H,5-8H2,1-2H3,(H2,18,19,20). The maximum absolute atomic E-state index is 11.3. The Morgan fingerprint density at radius 2 is 1.90 bits per heavy atom. The molecule has 2 unspecified atom stereocenters. The van der Waals surface area contributed by atoms with E-state index in [2.05, 4.69) is 35.2 Å². The Morgan fingerprint density at radius 3 is 2.67 bits per heavy atom. The van der Waals surface area contributed by atoms with Gasteiger partial charge in [0.1, 0.15) is 0 Å². The molecular formula is C16H23N3O2. The van der Waals surface area contributed by atoms with Gasteiger partial charge in [0.15, 0.2) is 0 Å². The first kappa shape index (κ1) is 14.4. The highest BCUT2D eigenvalue weighted by molar-refractivity contribution is 5.75. The molecule has 1 aromatic carbocycles.